The number of amides is 1. The molecule has 7 heteroatoms. The molecule has 33 heavy (non-hydrogen) atoms. The van der Waals surface area contributed by atoms with Gasteiger partial charge in [-0.2, -0.15) is 0 Å². The molecule has 1 N–H and O–H groups in total. The molecule has 7 nitrogen and oxygen atoms in total. The van der Waals surface area contributed by atoms with Gasteiger partial charge in [0.1, 0.15) is 24.2 Å². The molecular weight excluding hydrogens is 420 g/mol. The van der Waals surface area contributed by atoms with Gasteiger partial charge < -0.3 is 24.3 Å². The van der Waals surface area contributed by atoms with Crippen LogP contribution < -0.4 is 14.8 Å². The maximum absolute atomic E-state index is 12.7. The molecule has 3 saturated heterocycles. The average molecular weight is 453 g/mol. The molecule has 6 rings (SSSR count). The summed E-state index contributed by atoms with van der Waals surface area (Å²) in [6, 6.07) is 13.9. The minimum absolute atomic E-state index is 0.00352. The number of nitrogens with zero attached hydrogens (tertiary/aromatic N) is 1. The smallest absolute Gasteiger partial charge is 0.407 e. The van der Waals surface area contributed by atoms with Gasteiger partial charge in [0.05, 0.1) is 19.3 Å². The number of alkyl carbamates (subject to hydrolysis) is 1. The molecule has 2 aromatic carbocycles. The van der Waals surface area contributed by atoms with E-state index >= 15 is 0 Å². The summed E-state index contributed by atoms with van der Waals surface area (Å²) < 4.78 is 22.8. The second kappa shape index (κ2) is 10.0. The van der Waals surface area contributed by atoms with Gasteiger partial charge in [-0.15, -0.1) is 0 Å². The summed E-state index contributed by atoms with van der Waals surface area (Å²) in [5.74, 6) is 2.09. The maximum atomic E-state index is 12.7. The first-order valence-corrected chi connectivity index (χ1v) is 11.9. The normalized spacial score (nSPS) is 25.6. The van der Waals surface area contributed by atoms with E-state index in [1.165, 1.54) is 0 Å². The highest BCUT2D eigenvalue weighted by molar-refractivity contribution is 5.73. The number of carbonyl (C=O) groups is 1. The van der Waals surface area contributed by atoms with E-state index in [1.807, 2.05) is 36.4 Å². The lowest BCUT2D eigenvalue weighted by atomic mass is 9.86. The van der Waals surface area contributed by atoms with Crippen molar-refractivity contribution < 1.29 is 23.7 Å². The Balaban J connectivity index is 1.28. The molecule has 1 unspecified atom stereocenters. The van der Waals surface area contributed by atoms with Crippen molar-refractivity contribution in [2.75, 3.05) is 46.6 Å². The highest BCUT2D eigenvalue weighted by atomic mass is 16.6. The zero-order valence-electron chi connectivity index (χ0n) is 19.1. The second-order valence-electron chi connectivity index (χ2n) is 9.01. The number of ether oxygens (including phenoxy) is 4. The lowest BCUT2D eigenvalue weighted by Gasteiger charge is -2.44. The van der Waals surface area contributed by atoms with E-state index in [0.717, 1.165) is 67.1 Å². The topological polar surface area (TPSA) is 69.3 Å². The van der Waals surface area contributed by atoms with Crippen LogP contribution in [0.25, 0.3) is 11.1 Å². The number of hydrogen-bond acceptors (Lipinski definition) is 6. The van der Waals surface area contributed by atoms with E-state index < -0.39 is 0 Å². The van der Waals surface area contributed by atoms with Crippen LogP contribution in [0.4, 0.5) is 4.79 Å². The third kappa shape index (κ3) is 4.94. The van der Waals surface area contributed by atoms with Crippen molar-refractivity contribution in [1.82, 2.24) is 10.2 Å². The van der Waals surface area contributed by atoms with Gasteiger partial charge in [0.2, 0.25) is 0 Å². The zero-order chi connectivity index (χ0) is 22.6. The van der Waals surface area contributed by atoms with Crippen molar-refractivity contribution in [3.05, 3.63) is 48.0 Å². The van der Waals surface area contributed by atoms with Crippen molar-refractivity contribution >= 4 is 6.09 Å². The fourth-order valence-corrected chi connectivity index (χ4v) is 5.13. The Bertz CT molecular complexity index is 973. The maximum Gasteiger partial charge on any atom is 0.407 e. The van der Waals surface area contributed by atoms with Gasteiger partial charge in [0.15, 0.2) is 0 Å². The molecule has 2 atom stereocenters. The van der Waals surface area contributed by atoms with Crippen molar-refractivity contribution in [2.24, 2.45) is 5.92 Å². The Morgan fingerprint density at radius 3 is 2.76 bits per heavy atom. The van der Waals surface area contributed by atoms with Gasteiger partial charge in [0.25, 0.3) is 0 Å². The highest BCUT2D eigenvalue weighted by Crippen LogP contribution is 2.38. The third-order valence-corrected chi connectivity index (χ3v) is 6.94. The van der Waals surface area contributed by atoms with Crippen molar-refractivity contribution in [3.63, 3.8) is 0 Å². The monoisotopic (exact) mass is 452 g/mol. The summed E-state index contributed by atoms with van der Waals surface area (Å²) in [5, 5.41) is 3.09. The molecule has 4 heterocycles. The molecule has 0 aliphatic carbocycles. The molecular formula is C26H32N2O5. The number of para-hydroxylation sites is 1. The number of fused-ring (bicyclic) bond motifs is 4. The van der Waals surface area contributed by atoms with Gasteiger partial charge in [-0.05, 0) is 49.5 Å². The van der Waals surface area contributed by atoms with Crippen LogP contribution in [-0.4, -0.2) is 63.7 Å². The molecule has 176 valence electrons. The van der Waals surface area contributed by atoms with E-state index in [-0.39, 0.29) is 18.2 Å². The van der Waals surface area contributed by atoms with Crippen LogP contribution in [0.3, 0.4) is 0 Å². The lowest BCUT2D eigenvalue weighted by molar-refractivity contribution is -0.0342. The molecule has 0 saturated carbocycles. The van der Waals surface area contributed by atoms with Crippen LogP contribution in [0.2, 0.25) is 0 Å². The van der Waals surface area contributed by atoms with Crippen molar-refractivity contribution in [1.29, 1.82) is 0 Å². The van der Waals surface area contributed by atoms with Crippen LogP contribution >= 0.6 is 0 Å². The number of methoxy groups -OCH3 is 1. The number of nitrogens with one attached hydrogen (secondary N) is 1. The predicted octanol–water partition coefficient (Wildman–Crippen LogP) is 4.02. The van der Waals surface area contributed by atoms with E-state index in [2.05, 4.69) is 16.3 Å². The second-order valence-corrected chi connectivity index (χ2v) is 9.01. The standard InChI is InChI=1S/C26H32N2O5/c1-30-14-15-32-23-5-3-2-4-20(23)19-6-7-21-22(10-13-31-24(21)16-19)27-26(29)33-25-17-28-11-8-18(25)9-12-28/h2-7,16,18,22,25H,8-15,17H2,1H3,(H,27,29)/t22?,25-/m0/s1. The highest BCUT2D eigenvalue weighted by Gasteiger charge is 2.37. The SMILES string of the molecule is COCCOc1ccccc1-c1ccc2c(c1)OCCC2NC(=O)O[C@H]1CN2CCC1CC2. The van der Waals surface area contributed by atoms with Gasteiger partial charge in [-0.3, -0.25) is 4.90 Å². The van der Waals surface area contributed by atoms with Crippen molar-refractivity contribution in [3.8, 4) is 22.6 Å². The van der Waals surface area contributed by atoms with E-state index in [9.17, 15) is 4.79 Å². The average Bonchev–Trinajstić information content (AvgIpc) is 2.85. The number of rotatable bonds is 7. The van der Waals surface area contributed by atoms with Gasteiger partial charge in [-0.25, -0.2) is 4.79 Å². The number of carbonyl (C=O) groups excluding carboxylic acids is 1. The van der Waals surface area contributed by atoms with Crippen LogP contribution in [0, 0.1) is 5.92 Å². The largest absolute Gasteiger partial charge is 0.493 e. The molecule has 2 bridgehead atoms. The van der Waals surface area contributed by atoms with E-state index in [1.54, 1.807) is 7.11 Å². The number of piperidine rings is 3. The quantitative estimate of drug-likeness (QED) is 0.640. The molecule has 1 amide bonds. The minimum atomic E-state index is -0.326. The Hall–Kier alpha value is -2.77. The molecule has 0 spiro atoms. The van der Waals surface area contributed by atoms with Crippen LogP contribution in [-0.2, 0) is 9.47 Å². The predicted molar refractivity (Wildman–Crippen MR) is 125 cm³/mol. The third-order valence-electron chi connectivity index (χ3n) is 6.94. The van der Waals surface area contributed by atoms with Crippen LogP contribution in [0.15, 0.2) is 42.5 Å². The fraction of sp³-hybridized carbons (Fsp3) is 0.500. The lowest BCUT2D eigenvalue weighted by Crippen LogP contribution is -2.52. The first-order valence-electron chi connectivity index (χ1n) is 11.9. The summed E-state index contributed by atoms with van der Waals surface area (Å²) in [5.41, 5.74) is 2.99. The van der Waals surface area contributed by atoms with Gasteiger partial charge in [-0.1, -0.05) is 30.3 Å². The molecule has 2 aromatic rings. The minimum Gasteiger partial charge on any atom is -0.493 e. The molecule has 4 aliphatic rings. The fourth-order valence-electron chi connectivity index (χ4n) is 5.13. The van der Waals surface area contributed by atoms with Gasteiger partial charge in [0, 0.05) is 31.2 Å². The first-order chi connectivity index (χ1) is 16.2. The number of hydrogen-bond donors (Lipinski definition) is 1. The van der Waals surface area contributed by atoms with E-state index in [4.69, 9.17) is 18.9 Å². The first kappa shape index (κ1) is 22.0. The zero-order valence-corrected chi connectivity index (χ0v) is 19.1. The molecule has 4 aliphatic heterocycles. The number of benzene rings is 2. The summed E-state index contributed by atoms with van der Waals surface area (Å²) in [4.78, 5) is 15.1. The summed E-state index contributed by atoms with van der Waals surface area (Å²) in [7, 11) is 1.66. The summed E-state index contributed by atoms with van der Waals surface area (Å²) in [6.45, 7) is 4.68. The van der Waals surface area contributed by atoms with E-state index in [0.29, 0.717) is 25.7 Å². The van der Waals surface area contributed by atoms with Crippen LogP contribution in [0.5, 0.6) is 11.5 Å². The molecule has 0 aromatic heterocycles. The Morgan fingerprint density at radius 2 is 1.97 bits per heavy atom. The Kier molecular flexibility index (Phi) is 6.69. The van der Waals surface area contributed by atoms with Gasteiger partial charge >= 0.3 is 6.09 Å². The van der Waals surface area contributed by atoms with Crippen LogP contribution in [0.1, 0.15) is 30.9 Å². The summed E-state index contributed by atoms with van der Waals surface area (Å²) in [6.07, 6.45) is 2.64. The molecule has 0 radical (unpaired) electrons. The molecule has 3 fully saturated rings. The summed E-state index contributed by atoms with van der Waals surface area (Å²) >= 11 is 0. The Morgan fingerprint density at radius 1 is 1.12 bits per heavy atom. The van der Waals surface area contributed by atoms with Crippen molar-refractivity contribution in [2.45, 2.75) is 31.4 Å². The Labute approximate surface area is 195 Å².